The Morgan fingerprint density at radius 3 is 2.62 bits per heavy atom. The molecule has 0 atom stereocenters. The van der Waals surface area contributed by atoms with Gasteiger partial charge in [-0.3, -0.25) is 0 Å². The lowest BCUT2D eigenvalue weighted by Gasteiger charge is -2.28. The second kappa shape index (κ2) is 3.18. The van der Waals surface area contributed by atoms with E-state index in [-0.39, 0.29) is 0 Å². The molecule has 1 fully saturated rings. The van der Waals surface area contributed by atoms with E-state index in [9.17, 15) is 4.79 Å². The molecule has 3 nitrogen and oxygen atoms in total. The summed E-state index contributed by atoms with van der Waals surface area (Å²) >= 11 is 0. The van der Waals surface area contributed by atoms with E-state index in [0.29, 0.717) is 11.5 Å². The molecule has 2 N–H and O–H groups in total. The van der Waals surface area contributed by atoms with E-state index in [1.165, 1.54) is 0 Å². The first-order chi connectivity index (χ1) is 6.29. The molecule has 0 saturated carbocycles. The van der Waals surface area contributed by atoms with Gasteiger partial charge in [-0.15, -0.1) is 0 Å². The Labute approximate surface area is 76.4 Å². The van der Waals surface area contributed by atoms with Gasteiger partial charge in [0.15, 0.2) is 0 Å². The normalized spacial score (nSPS) is 16.6. The van der Waals surface area contributed by atoms with E-state index in [0.717, 1.165) is 18.7 Å². The first kappa shape index (κ1) is 8.26. The SMILES string of the molecule is O=C(O)c1ccccc1C1CNC1. The van der Waals surface area contributed by atoms with Crippen molar-refractivity contribution in [1.29, 1.82) is 0 Å². The van der Waals surface area contributed by atoms with Crippen LogP contribution in [0.5, 0.6) is 0 Å². The summed E-state index contributed by atoms with van der Waals surface area (Å²) < 4.78 is 0. The van der Waals surface area contributed by atoms with Crippen molar-refractivity contribution in [2.45, 2.75) is 5.92 Å². The Morgan fingerprint density at radius 1 is 1.38 bits per heavy atom. The van der Waals surface area contributed by atoms with Crippen LogP contribution < -0.4 is 5.32 Å². The van der Waals surface area contributed by atoms with Gasteiger partial charge in [0.1, 0.15) is 0 Å². The van der Waals surface area contributed by atoms with Gasteiger partial charge in [0.25, 0.3) is 0 Å². The Hall–Kier alpha value is -1.35. The molecule has 0 bridgehead atoms. The quantitative estimate of drug-likeness (QED) is 0.710. The highest BCUT2D eigenvalue weighted by Crippen LogP contribution is 2.23. The second-order valence-electron chi connectivity index (χ2n) is 3.25. The predicted octanol–water partition coefficient (Wildman–Crippen LogP) is 1.07. The van der Waals surface area contributed by atoms with E-state index in [1.54, 1.807) is 12.1 Å². The molecule has 68 valence electrons. The lowest BCUT2D eigenvalue weighted by molar-refractivity contribution is 0.0694. The molecule has 2 rings (SSSR count). The number of hydrogen-bond donors (Lipinski definition) is 2. The molecule has 1 aromatic carbocycles. The molecule has 1 aliphatic rings. The maximum absolute atomic E-state index is 10.8. The number of carboxylic acids is 1. The average molecular weight is 177 g/mol. The molecule has 1 aromatic rings. The third-order valence-corrected chi connectivity index (χ3v) is 2.41. The van der Waals surface area contributed by atoms with Crippen LogP contribution >= 0.6 is 0 Å². The van der Waals surface area contributed by atoms with Crippen molar-refractivity contribution in [3.05, 3.63) is 35.4 Å². The first-order valence-corrected chi connectivity index (χ1v) is 4.32. The number of aromatic carboxylic acids is 1. The molecule has 1 heterocycles. The maximum atomic E-state index is 10.8. The van der Waals surface area contributed by atoms with Crippen molar-refractivity contribution in [2.75, 3.05) is 13.1 Å². The van der Waals surface area contributed by atoms with Crippen LogP contribution in [0.15, 0.2) is 24.3 Å². The fourth-order valence-electron chi connectivity index (χ4n) is 1.56. The zero-order valence-corrected chi connectivity index (χ0v) is 7.16. The van der Waals surface area contributed by atoms with Crippen LogP contribution in [0.25, 0.3) is 0 Å². The summed E-state index contributed by atoms with van der Waals surface area (Å²) in [7, 11) is 0. The van der Waals surface area contributed by atoms with Gasteiger partial charge in [0.2, 0.25) is 0 Å². The zero-order valence-electron chi connectivity index (χ0n) is 7.16. The van der Waals surface area contributed by atoms with Gasteiger partial charge < -0.3 is 10.4 Å². The van der Waals surface area contributed by atoms with Crippen LogP contribution in [0, 0.1) is 0 Å². The fourth-order valence-corrected chi connectivity index (χ4v) is 1.56. The highest BCUT2D eigenvalue weighted by Gasteiger charge is 2.23. The van der Waals surface area contributed by atoms with Crippen molar-refractivity contribution in [3.63, 3.8) is 0 Å². The van der Waals surface area contributed by atoms with Crippen molar-refractivity contribution in [1.82, 2.24) is 5.32 Å². The van der Waals surface area contributed by atoms with Crippen molar-refractivity contribution in [3.8, 4) is 0 Å². The summed E-state index contributed by atoms with van der Waals surface area (Å²) in [5, 5.41) is 12.0. The standard InChI is InChI=1S/C10H11NO2/c12-10(13)9-4-2-1-3-8(9)7-5-11-6-7/h1-4,7,11H,5-6H2,(H,12,13). The average Bonchev–Trinajstić information content (AvgIpc) is 2.02. The zero-order chi connectivity index (χ0) is 9.26. The van der Waals surface area contributed by atoms with Gasteiger partial charge in [-0.25, -0.2) is 4.79 Å². The fraction of sp³-hybridized carbons (Fsp3) is 0.300. The minimum Gasteiger partial charge on any atom is -0.478 e. The van der Waals surface area contributed by atoms with E-state index >= 15 is 0 Å². The van der Waals surface area contributed by atoms with Crippen LogP contribution in [0.2, 0.25) is 0 Å². The number of nitrogens with one attached hydrogen (secondary N) is 1. The molecule has 13 heavy (non-hydrogen) atoms. The smallest absolute Gasteiger partial charge is 0.335 e. The van der Waals surface area contributed by atoms with Crippen LogP contribution in [0.1, 0.15) is 21.8 Å². The minimum absolute atomic E-state index is 0.382. The van der Waals surface area contributed by atoms with Crippen LogP contribution in [0.4, 0.5) is 0 Å². The number of carbonyl (C=O) groups is 1. The summed E-state index contributed by atoms with van der Waals surface area (Å²) in [5.41, 5.74) is 1.39. The number of hydrogen-bond acceptors (Lipinski definition) is 2. The van der Waals surface area contributed by atoms with E-state index < -0.39 is 5.97 Å². The Morgan fingerprint density at radius 2 is 2.08 bits per heavy atom. The Bertz CT molecular complexity index is 331. The third kappa shape index (κ3) is 1.42. The predicted molar refractivity (Wildman–Crippen MR) is 49.0 cm³/mol. The minimum atomic E-state index is -0.831. The molecule has 0 aliphatic carbocycles. The second-order valence-corrected chi connectivity index (χ2v) is 3.25. The highest BCUT2D eigenvalue weighted by molar-refractivity contribution is 5.89. The summed E-state index contributed by atoms with van der Waals surface area (Å²) in [5.74, 6) is -0.449. The van der Waals surface area contributed by atoms with Gasteiger partial charge in [-0.2, -0.15) is 0 Å². The molecular weight excluding hydrogens is 166 g/mol. The maximum Gasteiger partial charge on any atom is 0.335 e. The molecule has 0 unspecified atom stereocenters. The van der Waals surface area contributed by atoms with Gasteiger partial charge in [-0.05, 0) is 11.6 Å². The molecule has 0 aromatic heterocycles. The van der Waals surface area contributed by atoms with E-state index in [2.05, 4.69) is 5.32 Å². The highest BCUT2D eigenvalue weighted by atomic mass is 16.4. The van der Waals surface area contributed by atoms with E-state index in [1.807, 2.05) is 12.1 Å². The van der Waals surface area contributed by atoms with Crippen molar-refractivity contribution < 1.29 is 9.90 Å². The van der Waals surface area contributed by atoms with Crippen molar-refractivity contribution in [2.24, 2.45) is 0 Å². The topological polar surface area (TPSA) is 49.3 Å². The Balaban J connectivity index is 2.36. The number of carboxylic acid groups (broad SMARTS) is 1. The van der Waals surface area contributed by atoms with Crippen LogP contribution in [-0.4, -0.2) is 24.2 Å². The monoisotopic (exact) mass is 177 g/mol. The lowest BCUT2D eigenvalue weighted by Crippen LogP contribution is -2.40. The number of rotatable bonds is 2. The molecule has 0 radical (unpaired) electrons. The van der Waals surface area contributed by atoms with E-state index in [4.69, 9.17) is 5.11 Å². The molecule has 0 spiro atoms. The molecule has 3 heteroatoms. The number of benzene rings is 1. The molecule has 1 saturated heterocycles. The molecule has 0 amide bonds. The molecule has 1 aliphatic heterocycles. The third-order valence-electron chi connectivity index (χ3n) is 2.41. The summed E-state index contributed by atoms with van der Waals surface area (Å²) in [4.78, 5) is 10.8. The van der Waals surface area contributed by atoms with Crippen molar-refractivity contribution >= 4 is 5.97 Å². The summed E-state index contributed by atoms with van der Waals surface area (Å²) in [6, 6.07) is 7.21. The van der Waals surface area contributed by atoms with Gasteiger partial charge >= 0.3 is 5.97 Å². The summed E-state index contributed by atoms with van der Waals surface area (Å²) in [6.07, 6.45) is 0. The van der Waals surface area contributed by atoms with Gasteiger partial charge in [0.05, 0.1) is 5.56 Å². The summed E-state index contributed by atoms with van der Waals surface area (Å²) in [6.45, 7) is 1.79. The van der Waals surface area contributed by atoms with Gasteiger partial charge in [0, 0.05) is 19.0 Å². The lowest BCUT2D eigenvalue weighted by atomic mass is 9.90. The first-order valence-electron chi connectivity index (χ1n) is 4.32. The van der Waals surface area contributed by atoms with Gasteiger partial charge in [-0.1, -0.05) is 18.2 Å². The van der Waals surface area contributed by atoms with Crippen LogP contribution in [0.3, 0.4) is 0 Å². The van der Waals surface area contributed by atoms with Crippen LogP contribution in [-0.2, 0) is 0 Å². The molecular formula is C10H11NO2. The largest absolute Gasteiger partial charge is 0.478 e. The Kier molecular flexibility index (Phi) is 2.02.